The summed E-state index contributed by atoms with van der Waals surface area (Å²) in [7, 11) is 0. The van der Waals surface area contributed by atoms with E-state index < -0.39 is 0 Å². The minimum Gasteiger partial charge on any atom is -0.455 e. The first kappa shape index (κ1) is 20.7. The monoisotopic (exact) mass is 499 g/mol. The van der Waals surface area contributed by atoms with Crippen molar-refractivity contribution in [3.63, 3.8) is 0 Å². The van der Waals surface area contributed by atoms with Crippen molar-refractivity contribution in [3.8, 4) is 11.4 Å². The van der Waals surface area contributed by atoms with E-state index in [0.29, 0.717) is 0 Å². The molecule has 4 aromatic heterocycles. The van der Waals surface area contributed by atoms with Crippen LogP contribution in [-0.4, -0.2) is 14.1 Å². The van der Waals surface area contributed by atoms with Crippen molar-refractivity contribution in [1.29, 1.82) is 0 Å². The molecule has 4 heterocycles. The molecule has 9 aromatic rings. The fourth-order valence-corrected chi connectivity index (χ4v) is 6.35. The molecule has 182 valence electrons. The van der Waals surface area contributed by atoms with Crippen molar-refractivity contribution in [1.82, 2.24) is 14.1 Å². The second-order valence-electron chi connectivity index (χ2n) is 10.0. The highest BCUT2D eigenvalue weighted by molar-refractivity contribution is 6.29. The first-order valence-corrected chi connectivity index (χ1v) is 13.2. The summed E-state index contributed by atoms with van der Waals surface area (Å²) >= 11 is 0. The number of rotatable bonds is 2. The Balaban J connectivity index is 1.57. The van der Waals surface area contributed by atoms with Gasteiger partial charge in [-0.3, -0.25) is 4.98 Å². The highest BCUT2D eigenvalue weighted by Gasteiger charge is 2.24. The number of para-hydroxylation sites is 4. The first-order chi connectivity index (χ1) is 19.4. The maximum Gasteiger partial charge on any atom is 0.147 e. The molecule has 0 N–H and O–H groups in total. The summed E-state index contributed by atoms with van der Waals surface area (Å²) in [6.07, 6.45) is 2.03. The van der Waals surface area contributed by atoms with Crippen LogP contribution in [0.25, 0.3) is 77.1 Å². The van der Waals surface area contributed by atoms with Gasteiger partial charge in [0.1, 0.15) is 16.7 Å². The van der Waals surface area contributed by atoms with Crippen LogP contribution in [-0.2, 0) is 0 Å². The lowest BCUT2D eigenvalue weighted by atomic mass is 10.1. The third-order valence-electron chi connectivity index (χ3n) is 7.94. The van der Waals surface area contributed by atoms with Crippen LogP contribution in [0.4, 0.5) is 0 Å². The standard InChI is InChI=1S/C35H21N3O/c1-3-11-22(12-4-1)37-27-17-9-7-16-26(27)31-29(37)21-36-33-32-28(38(34(31)33)23-13-5-2-6-14-23)20-19-25-24-15-8-10-18-30(24)39-35(25)32/h1-21H. The van der Waals surface area contributed by atoms with Gasteiger partial charge in [-0.15, -0.1) is 0 Å². The Bertz CT molecular complexity index is 2370. The van der Waals surface area contributed by atoms with Gasteiger partial charge in [0.25, 0.3) is 0 Å². The van der Waals surface area contributed by atoms with Crippen LogP contribution < -0.4 is 0 Å². The fraction of sp³-hybridized carbons (Fsp3) is 0. The summed E-state index contributed by atoms with van der Waals surface area (Å²) in [5.74, 6) is 0. The first-order valence-electron chi connectivity index (χ1n) is 13.2. The zero-order chi connectivity index (χ0) is 25.5. The minimum atomic E-state index is 0.882. The highest BCUT2D eigenvalue weighted by Crippen LogP contribution is 2.44. The number of fused-ring (bicyclic) bond motifs is 11. The predicted octanol–water partition coefficient (Wildman–Crippen LogP) is 9.18. The van der Waals surface area contributed by atoms with Crippen molar-refractivity contribution < 1.29 is 4.42 Å². The average molecular weight is 500 g/mol. The van der Waals surface area contributed by atoms with Crippen molar-refractivity contribution in [3.05, 3.63) is 128 Å². The number of nitrogens with zero attached hydrogens (tertiary/aromatic N) is 3. The number of pyridine rings is 1. The molecular formula is C35H21N3O. The normalized spacial score (nSPS) is 12.1. The summed E-state index contributed by atoms with van der Waals surface area (Å²) in [5.41, 5.74) is 9.34. The molecule has 0 amide bonds. The zero-order valence-electron chi connectivity index (χ0n) is 20.9. The number of hydrogen-bond donors (Lipinski definition) is 0. The van der Waals surface area contributed by atoms with Crippen molar-refractivity contribution >= 4 is 65.7 Å². The van der Waals surface area contributed by atoms with Gasteiger partial charge in [-0.05, 0) is 48.5 Å². The summed E-state index contributed by atoms with van der Waals surface area (Å²) in [6, 6.07) is 42.4. The van der Waals surface area contributed by atoms with Gasteiger partial charge in [0.05, 0.1) is 33.6 Å². The van der Waals surface area contributed by atoms with Gasteiger partial charge in [0.2, 0.25) is 0 Å². The molecular weight excluding hydrogens is 478 g/mol. The Hall–Kier alpha value is -5.35. The van der Waals surface area contributed by atoms with E-state index in [4.69, 9.17) is 9.40 Å². The van der Waals surface area contributed by atoms with Gasteiger partial charge >= 0.3 is 0 Å². The van der Waals surface area contributed by atoms with Crippen LogP contribution in [0.3, 0.4) is 0 Å². The number of benzene rings is 5. The number of hydrogen-bond acceptors (Lipinski definition) is 2. The van der Waals surface area contributed by atoms with Gasteiger partial charge in [0, 0.05) is 32.9 Å². The molecule has 0 bridgehead atoms. The van der Waals surface area contributed by atoms with Gasteiger partial charge in [-0.2, -0.15) is 0 Å². The Morgan fingerprint density at radius 1 is 0.487 bits per heavy atom. The molecule has 0 saturated carbocycles. The highest BCUT2D eigenvalue weighted by atomic mass is 16.3. The number of aromatic nitrogens is 3. The van der Waals surface area contributed by atoms with E-state index in [1.165, 1.54) is 10.8 Å². The fourth-order valence-electron chi connectivity index (χ4n) is 6.35. The molecule has 0 aliphatic heterocycles. The second-order valence-corrected chi connectivity index (χ2v) is 10.0. The van der Waals surface area contributed by atoms with Crippen LogP contribution in [0.5, 0.6) is 0 Å². The van der Waals surface area contributed by atoms with E-state index in [0.717, 1.165) is 66.3 Å². The predicted molar refractivity (Wildman–Crippen MR) is 160 cm³/mol. The van der Waals surface area contributed by atoms with Crippen molar-refractivity contribution in [2.45, 2.75) is 0 Å². The molecule has 5 aromatic carbocycles. The van der Waals surface area contributed by atoms with Crippen molar-refractivity contribution in [2.24, 2.45) is 0 Å². The maximum atomic E-state index is 6.54. The maximum absolute atomic E-state index is 6.54. The molecule has 0 atom stereocenters. The summed E-state index contributed by atoms with van der Waals surface area (Å²) in [5, 5.41) is 5.66. The van der Waals surface area contributed by atoms with Crippen LogP contribution in [0.2, 0.25) is 0 Å². The second kappa shape index (κ2) is 7.59. The van der Waals surface area contributed by atoms with E-state index >= 15 is 0 Å². The molecule has 0 spiro atoms. The van der Waals surface area contributed by atoms with Gasteiger partial charge < -0.3 is 13.6 Å². The smallest absolute Gasteiger partial charge is 0.147 e. The van der Waals surface area contributed by atoms with E-state index in [1.807, 2.05) is 18.3 Å². The largest absolute Gasteiger partial charge is 0.455 e. The van der Waals surface area contributed by atoms with E-state index in [2.05, 4.69) is 118 Å². The third kappa shape index (κ3) is 2.70. The lowest BCUT2D eigenvalue weighted by molar-refractivity contribution is 0.673. The van der Waals surface area contributed by atoms with Crippen LogP contribution in [0, 0.1) is 0 Å². The Kier molecular flexibility index (Phi) is 4.02. The van der Waals surface area contributed by atoms with E-state index in [1.54, 1.807) is 0 Å². The Labute approximate surface area is 222 Å². The molecule has 39 heavy (non-hydrogen) atoms. The van der Waals surface area contributed by atoms with Crippen LogP contribution in [0.15, 0.2) is 132 Å². The SMILES string of the molecule is c1ccc(-n2c3ccccc3c3c2cnc2c4c5oc6ccccc6c5ccc4n(-c4ccccc4)c23)cc1. The summed E-state index contributed by atoms with van der Waals surface area (Å²) in [4.78, 5) is 5.18. The molecule has 0 aliphatic rings. The van der Waals surface area contributed by atoms with Gasteiger partial charge in [0.15, 0.2) is 0 Å². The van der Waals surface area contributed by atoms with Crippen LogP contribution >= 0.6 is 0 Å². The van der Waals surface area contributed by atoms with Gasteiger partial charge in [-0.1, -0.05) is 72.8 Å². The quantitative estimate of drug-likeness (QED) is 0.238. The Morgan fingerprint density at radius 2 is 1.15 bits per heavy atom. The molecule has 0 aliphatic carbocycles. The summed E-state index contributed by atoms with van der Waals surface area (Å²) in [6.45, 7) is 0. The Morgan fingerprint density at radius 3 is 1.95 bits per heavy atom. The number of furan rings is 1. The third-order valence-corrected chi connectivity index (χ3v) is 7.94. The molecule has 4 heteroatoms. The average Bonchev–Trinajstić information content (AvgIpc) is 3.65. The minimum absolute atomic E-state index is 0.882. The van der Waals surface area contributed by atoms with E-state index in [9.17, 15) is 0 Å². The molecule has 9 rings (SSSR count). The van der Waals surface area contributed by atoms with Gasteiger partial charge in [-0.25, -0.2) is 0 Å². The lowest BCUT2D eigenvalue weighted by Crippen LogP contribution is -1.95. The van der Waals surface area contributed by atoms with Crippen molar-refractivity contribution in [2.75, 3.05) is 0 Å². The molecule has 0 fully saturated rings. The van der Waals surface area contributed by atoms with Crippen LogP contribution in [0.1, 0.15) is 0 Å². The van der Waals surface area contributed by atoms with E-state index in [-0.39, 0.29) is 0 Å². The molecule has 4 nitrogen and oxygen atoms in total. The molecule has 0 unspecified atom stereocenters. The topological polar surface area (TPSA) is 35.9 Å². The lowest BCUT2D eigenvalue weighted by Gasteiger charge is -2.09. The summed E-state index contributed by atoms with van der Waals surface area (Å²) < 4.78 is 11.2. The molecule has 0 radical (unpaired) electrons. The zero-order valence-corrected chi connectivity index (χ0v) is 20.9. The molecule has 0 saturated heterocycles.